The van der Waals surface area contributed by atoms with E-state index in [1.54, 1.807) is 20.8 Å². The first-order valence-corrected chi connectivity index (χ1v) is 10.7. The van der Waals surface area contributed by atoms with Crippen molar-refractivity contribution >= 4 is 21.8 Å². The number of ether oxygens (including phenoxy) is 1. The number of sulfonamides is 1. The lowest BCUT2D eigenvalue weighted by atomic mass is 10.1. The van der Waals surface area contributed by atoms with Gasteiger partial charge in [-0.3, -0.25) is 10.1 Å². The first-order chi connectivity index (χ1) is 14.0. The molecule has 0 aromatic heterocycles. The summed E-state index contributed by atoms with van der Waals surface area (Å²) in [5.74, 6) is 0. The zero-order valence-corrected chi connectivity index (χ0v) is 17.8. The molecule has 10 heteroatoms. The summed E-state index contributed by atoms with van der Waals surface area (Å²) in [5, 5.41) is 13.8. The molecule has 0 aliphatic carbocycles. The fraction of sp³-hybridized carbons (Fsp3) is 0.350. The predicted molar refractivity (Wildman–Crippen MR) is 112 cm³/mol. The second-order valence-electron chi connectivity index (χ2n) is 7.62. The van der Waals surface area contributed by atoms with Crippen LogP contribution in [-0.2, 0) is 21.2 Å². The molecule has 0 saturated carbocycles. The minimum Gasteiger partial charge on any atom is -0.444 e. The Kier molecular flexibility index (Phi) is 7.52. The molecule has 2 aromatic carbocycles. The molecule has 0 bridgehead atoms. The van der Waals surface area contributed by atoms with E-state index < -0.39 is 43.3 Å². The highest BCUT2D eigenvalue weighted by molar-refractivity contribution is 7.89. The van der Waals surface area contributed by atoms with Gasteiger partial charge in [-0.15, -0.1) is 0 Å². The van der Waals surface area contributed by atoms with Crippen molar-refractivity contribution in [3.63, 3.8) is 0 Å². The lowest BCUT2D eigenvalue weighted by molar-refractivity contribution is -0.387. The maximum atomic E-state index is 12.9. The smallest absolute Gasteiger partial charge is 0.407 e. The van der Waals surface area contributed by atoms with Crippen LogP contribution < -0.4 is 10.0 Å². The second kappa shape index (κ2) is 9.68. The Balaban J connectivity index is 2.23. The monoisotopic (exact) mass is 435 g/mol. The van der Waals surface area contributed by atoms with Crippen molar-refractivity contribution < 1.29 is 22.9 Å². The van der Waals surface area contributed by atoms with E-state index >= 15 is 0 Å². The molecule has 0 aliphatic heterocycles. The fourth-order valence-electron chi connectivity index (χ4n) is 2.69. The molecule has 0 spiro atoms. The summed E-state index contributed by atoms with van der Waals surface area (Å²) < 4.78 is 33.4. The number of hydrogen-bond donors (Lipinski definition) is 2. The van der Waals surface area contributed by atoms with Gasteiger partial charge in [-0.05, 0) is 38.8 Å². The summed E-state index contributed by atoms with van der Waals surface area (Å²) in [6, 6.07) is 13.4. The summed E-state index contributed by atoms with van der Waals surface area (Å²) >= 11 is 0. The molecule has 30 heavy (non-hydrogen) atoms. The molecule has 9 nitrogen and oxygen atoms in total. The van der Waals surface area contributed by atoms with Gasteiger partial charge in [0.05, 0.1) is 4.92 Å². The molecule has 1 amide bonds. The highest BCUT2D eigenvalue weighted by atomic mass is 32.2. The quantitative estimate of drug-likeness (QED) is 0.485. The SMILES string of the molecule is CC(C)(C)OC(=O)NCC(Cc1ccccc1)NS(=O)(=O)c1ccccc1[N+](=O)[O-]. The normalized spacial score (nSPS) is 12.8. The number of nitrogens with one attached hydrogen (secondary N) is 2. The maximum absolute atomic E-state index is 12.9. The zero-order chi connectivity index (χ0) is 22.4. The van der Waals surface area contributed by atoms with Crippen LogP contribution in [0.1, 0.15) is 26.3 Å². The lowest BCUT2D eigenvalue weighted by Crippen LogP contribution is -2.46. The van der Waals surface area contributed by atoms with Gasteiger partial charge in [-0.25, -0.2) is 17.9 Å². The van der Waals surface area contributed by atoms with Crippen LogP contribution in [0.4, 0.5) is 10.5 Å². The number of nitrogens with zero attached hydrogens (tertiary/aromatic N) is 1. The van der Waals surface area contributed by atoms with Crippen molar-refractivity contribution in [1.29, 1.82) is 0 Å². The van der Waals surface area contributed by atoms with Crippen molar-refractivity contribution in [2.24, 2.45) is 0 Å². The maximum Gasteiger partial charge on any atom is 0.407 e. The summed E-state index contributed by atoms with van der Waals surface area (Å²) in [5.41, 5.74) is -0.397. The van der Waals surface area contributed by atoms with Gasteiger partial charge in [-0.1, -0.05) is 42.5 Å². The van der Waals surface area contributed by atoms with Crippen LogP contribution in [0, 0.1) is 10.1 Å². The largest absolute Gasteiger partial charge is 0.444 e. The van der Waals surface area contributed by atoms with Gasteiger partial charge in [0.15, 0.2) is 4.90 Å². The Bertz CT molecular complexity index is 987. The fourth-order valence-corrected chi connectivity index (χ4v) is 4.10. The van der Waals surface area contributed by atoms with E-state index in [0.717, 1.165) is 11.6 Å². The minimum absolute atomic E-state index is 0.0658. The Hall–Kier alpha value is -2.98. The van der Waals surface area contributed by atoms with E-state index in [9.17, 15) is 23.3 Å². The van der Waals surface area contributed by atoms with Gasteiger partial charge < -0.3 is 10.1 Å². The number of rotatable bonds is 8. The Morgan fingerprint density at radius 1 is 1.10 bits per heavy atom. The molecule has 1 atom stereocenters. The standard InChI is InChI=1S/C20H25N3O6S/c1-20(2,3)29-19(24)21-14-16(13-15-9-5-4-6-10-15)22-30(27,28)18-12-8-7-11-17(18)23(25)26/h4-12,16,22H,13-14H2,1-3H3,(H,21,24). The molecule has 0 saturated heterocycles. The lowest BCUT2D eigenvalue weighted by Gasteiger charge is -2.23. The van der Waals surface area contributed by atoms with Gasteiger partial charge in [0.2, 0.25) is 10.0 Å². The molecule has 2 aromatic rings. The molecule has 0 heterocycles. The van der Waals surface area contributed by atoms with Gasteiger partial charge in [0.25, 0.3) is 5.69 Å². The molecular weight excluding hydrogens is 410 g/mol. The van der Waals surface area contributed by atoms with E-state index in [4.69, 9.17) is 4.74 Å². The number of para-hydroxylation sites is 1. The third-order valence-electron chi connectivity index (χ3n) is 3.89. The van der Waals surface area contributed by atoms with Crippen molar-refractivity contribution in [3.05, 3.63) is 70.3 Å². The minimum atomic E-state index is -4.22. The highest BCUT2D eigenvalue weighted by Crippen LogP contribution is 2.23. The molecule has 162 valence electrons. The zero-order valence-electron chi connectivity index (χ0n) is 17.0. The Labute approximate surface area is 175 Å². The number of carbonyl (C=O) groups excluding carboxylic acids is 1. The van der Waals surface area contributed by atoms with E-state index in [1.807, 2.05) is 30.3 Å². The van der Waals surface area contributed by atoms with Crippen LogP contribution >= 0.6 is 0 Å². The van der Waals surface area contributed by atoms with Gasteiger partial charge in [-0.2, -0.15) is 0 Å². The molecule has 0 radical (unpaired) electrons. The van der Waals surface area contributed by atoms with Crippen molar-refractivity contribution in [2.75, 3.05) is 6.54 Å². The van der Waals surface area contributed by atoms with E-state index in [2.05, 4.69) is 10.0 Å². The summed E-state index contributed by atoms with van der Waals surface area (Å²) in [4.78, 5) is 22.0. The van der Waals surface area contributed by atoms with Crippen LogP contribution in [0.3, 0.4) is 0 Å². The summed E-state index contributed by atoms with van der Waals surface area (Å²) in [6.45, 7) is 5.07. The molecule has 2 rings (SSSR count). The van der Waals surface area contributed by atoms with Crippen LogP contribution in [0.2, 0.25) is 0 Å². The molecule has 0 fully saturated rings. The van der Waals surface area contributed by atoms with Gasteiger partial charge >= 0.3 is 6.09 Å². The van der Waals surface area contributed by atoms with Gasteiger partial charge in [0, 0.05) is 18.7 Å². The summed E-state index contributed by atoms with van der Waals surface area (Å²) in [7, 11) is -4.22. The summed E-state index contributed by atoms with van der Waals surface area (Å²) in [6.07, 6.45) is -0.429. The molecule has 2 N–H and O–H groups in total. The first-order valence-electron chi connectivity index (χ1n) is 9.24. The number of amides is 1. The van der Waals surface area contributed by atoms with E-state index in [1.165, 1.54) is 18.2 Å². The molecular formula is C20H25N3O6S. The molecule has 0 aliphatic rings. The Morgan fingerprint density at radius 2 is 1.70 bits per heavy atom. The van der Waals surface area contributed by atoms with Crippen LogP contribution in [0.25, 0.3) is 0 Å². The third kappa shape index (κ3) is 7.12. The van der Waals surface area contributed by atoms with Crippen LogP contribution in [0.5, 0.6) is 0 Å². The average Bonchev–Trinajstić information content (AvgIpc) is 2.65. The van der Waals surface area contributed by atoms with E-state index in [0.29, 0.717) is 0 Å². The van der Waals surface area contributed by atoms with Crippen LogP contribution in [0.15, 0.2) is 59.5 Å². The number of benzene rings is 2. The number of carbonyl (C=O) groups is 1. The van der Waals surface area contributed by atoms with Crippen molar-refractivity contribution in [3.8, 4) is 0 Å². The van der Waals surface area contributed by atoms with Crippen molar-refractivity contribution in [2.45, 2.75) is 43.7 Å². The number of nitro benzene ring substituents is 1. The van der Waals surface area contributed by atoms with Crippen LogP contribution in [-0.4, -0.2) is 37.6 Å². The topological polar surface area (TPSA) is 128 Å². The number of nitro groups is 1. The first kappa shape index (κ1) is 23.3. The number of hydrogen-bond acceptors (Lipinski definition) is 6. The number of alkyl carbamates (subject to hydrolysis) is 1. The van der Waals surface area contributed by atoms with Crippen molar-refractivity contribution in [1.82, 2.24) is 10.0 Å². The third-order valence-corrected chi connectivity index (χ3v) is 5.46. The van der Waals surface area contributed by atoms with Gasteiger partial charge in [0.1, 0.15) is 5.60 Å². The second-order valence-corrected chi connectivity index (χ2v) is 9.30. The Morgan fingerprint density at radius 3 is 2.30 bits per heavy atom. The van der Waals surface area contributed by atoms with E-state index in [-0.39, 0.29) is 13.0 Å². The highest BCUT2D eigenvalue weighted by Gasteiger charge is 2.28. The average molecular weight is 436 g/mol. The molecule has 1 unspecified atom stereocenters. The predicted octanol–water partition coefficient (Wildman–Crippen LogP) is 3.01.